The summed E-state index contributed by atoms with van der Waals surface area (Å²) in [6.07, 6.45) is 1.02. The minimum atomic E-state index is -3.81. The summed E-state index contributed by atoms with van der Waals surface area (Å²) < 4.78 is 31.3. The monoisotopic (exact) mass is 509 g/mol. The van der Waals surface area contributed by atoms with Crippen LogP contribution in [0.4, 0.5) is 5.69 Å². The number of carbonyl (C=O) groups is 2. The van der Waals surface area contributed by atoms with Crippen LogP contribution in [0.1, 0.15) is 26.3 Å². The number of carbonyl (C=O) groups excluding carboxylic acids is 2. The van der Waals surface area contributed by atoms with E-state index in [0.29, 0.717) is 17.3 Å². The molecular formula is C24H32ClN3O5S. The van der Waals surface area contributed by atoms with Gasteiger partial charge in [0.15, 0.2) is 0 Å². The molecule has 0 aliphatic carbocycles. The number of benzene rings is 2. The predicted molar refractivity (Wildman–Crippen MR) is 134 cm³/mol. The van der Waals surface area contributed by atoms with Gasteiger partial charge in [-0.25, -0.2) is 8.42 Å². The fourth-order valence-corrected chi connectivity index (χ4v) is 4.27. The van der Waals surface area contributed by atoms with Gasteiger partial charge in [0.2, 0.25) is 21.8 Å². The third-order valence-electron chi connectivity index (χ3n) is 5.11. The SMILES string of the molecule is COc1cccc(CN(C(=O)CN(c2cccc(Cl)c2)S(C)(=O)=O)C(C)C(=O)NCC(C)C)c1. The molecule has 2 rings (SSSR count). The van der Waals surface area contributed by atoms with Crippen LogP contribution in [0.3, 0.4) is 0 Å². The Morgan fingerprint density at radius 2 is 1.76 bits per heavy atom. The molecule has 0 radical (unpaired) electrons. The molecule has 2 aromatic carbocycles. The van der Waals surface area contributed by atoms with Crippen molar-refractivity contribution in [1.82, 2.24) is 10.2 Å². The number of nitrogens with one attached hydrogen (secondary N) is 1. The van der Waals surface area contributed by atoms with E-state index in [4.69, 9.17) is 16.3 Å². The lowest BCUT2D eigenvalue weighted by molar-refractivity contribution is -0.139. The van der Waals surface area contributed by atoms with E-state index >= 15 is 0 Å². The summed E-state index contributed by atoms with van der Waals surface area (Å²) in [6, 6.07) is 12.6. The minimum Gasteiger partial charge on any atom is -0.497 e. The molecule has 0 aliphatic rings. The first-order valence-electron chi connectivity index (χ1n) is 10.9. The largest absolute Gasteiger partial charge is 0.497 e. The average Bonchev–Trinajstić information content (AvgIpc) is 2.78. The van der Waals surface area contributed by atoms with Crippen molar-refractivity contribution in [1.29, 1.82) is 0 Å². The molecule has 1 N–H and O–H groups in total. The van der Waals surface area contributed by atoms with Crippen LogP contribution in [-0.4, -0.2) is 57.6 Å². The van der Waals surface area contributed by atoms with Crippen molar-refractivity contribution in [3.63, 3.8) is 0 Å². The maximum Gasteiger partial charge on any atom is 0.244 e. The van der Waals surface area contributed by atoms with Gasteiger partial charge in [-0.05, 0) is 48.7 Å². The predicted octanol–water partition coefficient (Wildman–Crippen LogP) is 3.30. The number of ether oxygens (including phenoxy) is 1. The van der Waals surface area contributed by atoms with E-state index in [1.165, 1.54) is 11.0 Å². The van der Waals surface area contributed by atoms with Gasteiger partial charge >= 0.3 is 0 Å². The summed E-state index contributed by atoms with van der Waals surface area (Å²) in [6.45, 7) is 5.64. The first kappa shape index (κ1) is 27.5. The van der Waals surface area contributed by atoms with Crippen molar-refractivity contribution in [2.75, 3.05) is 30.8 Å². The number of halogens is 1. The minimum absolute atomic E-state index is 0.0967. The lowest BCUT2D eigenvalue weighted by atomic mass is 10.1. The van der Waals surface area contributed by atoms with Crippen LogP contribution < -0.4 is 14.4 Å². The fraction of sp³-hybridized carbons (Fsp3) is 0.417. The molecular weight excluding hydrogens is 478 g/mol. The molecule has 0 spiro atoms. The molecule has 0 bridgehead atoms. The summed E-state index contributed by atoms with van der Waals surface area (Å²) in [5.41, 5.74) is 1.01. The fourth-order valence-electron chi connectivity index (χ4n) is 3.25. The molecule has 0 heterocycles. The van der Waals surface area contributed by atoms with Crippen molar-refractivity contribution in [3.05, 3.63) is 59.1 Å². The van der Waals surface area contributed by atoms with Gasteiger partial charge in [0.1, 0.15) is 18.3 Å². The van der Waals surface area contributed by atoms with Crippen LogP contribution in [0, 0.1) is 5.92 Å². The Balaban J connectivity index is 2.38. The Bertz CT molecular complexity index is 1110. The highest BCUT2D eigenvalue weighted by Crippen LogP contribution is 2.23. The van der Waals surface area contributed by atoms with Crippen molar-refractivity contribution in [2.24, 2.45) is 5.92 Å². The summed E-state index contributed by atoms with van der Waals surface area (Å²) in [4.78, 5) is 27.7. The van der Waals surface area contributed by atoms with E-state index in [1.807, 2.05) is 19.9 Å². The summed E-state index contributed by atoms with van der Waals surface area (Å²) in [5, 5.41) is 3.18. The molecule has 0 saturated carbocycles. The molecule has 0 saturated heterocycles. The lowest BCUT2D eigenvalue weighted by Gasteiger charge is -2.31. The van der Waals surface area contributed by atoms with Gasteiger partial charge in [-0.3, -0.25) is 13.9 Å². The number of hydrogen-bond acceptors (Lipinski definition) is 5. The Morgan fingerprint density at radius 1 is 1.09 bits per heavy atom. The van der Waals surface area contributed by atoms with Gasteiger partial charge in [0.05, 0.1) is 19.1 Å². The van der Waals surface area contributed by atoms with Crippen LogP contribution in [0.15, 0.2) is 48.5 Å². The van der Waals surface area contributed by atoms with E-state index in [0.717, 1.165) is 16.1 Å². The number of rotatable bonds is 11. The van der Waals surface area contributed by atoms with Gasteiger partial charge < -0.3 is 15.0 Å². The Morgan fingerprint density at radius 3 is 2.35 bits per heavy atom. The zero-order valence-electron chi connectivity index (χ0n) is 20.1. The quantitative estimate of drug-likeness (QED) is 0.501. The van der Waals surface area contributed by atoms with Crippen molar-refractivity contribution >= 4 is 39.1 Å². The molecule has 10 heteroatoms. The highest BCUT2D eigenvalue weighted by atomic mass is 35.5. The second kappa shape index (κ2) is 12.1. The van der Waals surface area contributed by atoms with Gasteiger partial charge in [-0.15, -0.1) is 0 Å². The number of nitrogens with zero attached hydrogens (tertiary/aromatic N) is 2. The normalized spacial score (nSPS) is 12.2. The summed E-state index contributed by atoms with van der Waals surface area (Å²) >= 11 is 6.04. The molecule has 186 valence electrons. The molecule has 0 aromatic heterocycles. The van der Waals surface area contributed by atoms with E-state index < -0.39 is 28.5 Å². The van der Waals surface area contributed by atoms with Gasteiger partial charge in [0, 0.05) is 18.1 Å². The molecule has 1 atom stereocenters. The smallest absolute Gasteiger partial charge is 0.244 e. The summed E-state index contributed by atoms with van der Waals surface area (Å²) in [7, 11) is -2.27. The topological polar surface area (TPSA) is 96.0 Å². The highest BCUT2D eigenvalue weighted by molar-refractivity contribution is 7.92. The van der Waals surface area contributed by atoms with Gasteiger partial charge in [-0.2, -0.15) is 0 Å². The second-order valence-electron chi connectivity index (χ2n) is 8.44. The second-order valence-corrected chi connectivity index (χ2v) is 10.8. The summed E-state index contributed by atoms with van der Waals surface area (Å²) in [5.74, 6) is -0.000216. The number of sulfonamides is 1. The van der Waals surface area contributed by atoms with Crippen molar-refractivity contribution in [2.45, 2.75) is 33.4 Å². The lowest BCUT2D eigenvalue weighted by Crippen LogP contribution is -2.51. The Labute approximate surface area is 206 Å². The number of anilines is 1. The van der Waals surface area contributed by atoms with Crippen LogP contribution in [0.25, 0.3) is 0 Å². The van der Waals surface area contributed by atoms with Crippen LogP contribution in [0.2, 0.25) is 5.02 Å². The average molecular weight is 510 g/mol. The van der Waals surface area contributed by atoms with E-state index in [1.54, 1.807) is 50.4 Å². The maximum atomic E-state index is 13.5. The van der Waals surface area contributed by atoms with Gasteiger partial charge in [-0.1, -0.05) is 43.6 Å². The number of hydrogen-bond donors (Lipinski definition) is 1. The molecule has 8 nitrogen and oxygen atoms in total. The van der Waals surface area contributed by atoms with Crippen LogP contribution >= 0.6 is 11.6 Å². The maximum absolute atomic E-state index is 13.5. The van der Waals surface area contributed by atoms with E-state index in [-0.39, 0.29) is 24.1 Å². The number of methoxy groups -OCH3 is 1. The molecule has 0 aliphatic heterocycles. The third-order valence-corrected chi connectivity index (χ3v) is 6.49. The zero-order chi connectivity index (χ0) is 25.5. The Kier molecular flexibility index (Phi) is 9.76. The molecule has 2 amide bonds. The third kappa shape index (κ3) is 7.92. The molecule has 0 fully saturated rings. The van der Waals surface area contributed by atoms with E-state index in [2.05, 4.69) is 5.32 Å². The first-order valence-corrected chi connectivity index (χ1v) is 13.1. The van der Waals surface area contributed by atoms with Crippen LogP contribution in [0.5, 0.6) is 5.75 Å². The standard InChI is InChI=1S/C24H32ClN3O5S/c1-17(2)14-26-24(30)18(3)27(15-19-8-6-11-22(12-19)33-4)23(29)16-28(34(5,31)32)21-10-7-9-20(25)13-21/h6-13,17-18H,14-16H2,1-5H3,(H,26,30). The molecule has 1 unspecified atom stereocenters. The number of amides is 2. The van der Waals surface area contributed by atoms with Gasteiger partial charge in [0.25, 0.3) is 0 Å². The molecule has 2 aromatic rings. The zero-order valence-corrected chi connectivity index (χ0v) is 21.7. The van der Waals surface area contributed by atoms with Crippen LogP contribution in [-0.2, 0) is 26.2 Å². The highest BCUT2D eigenvalue weighted by Gasteiger charge is 2.30. The first-order chi connectivity index (χ1) is 15.9. The Hall–Kier alpha value is -2.78. The molecule has 34 heavy (non-hydrogen) atoms. The van der Waals surface area contributed by atoms with Crippen molar-refractivity contribution in [3.8, 4) is 5.75 Å². The van der Waals surface area contributed by atoms with E-state index in [9.17, 15) is 18.0 Å². The van der Waals surface area contributed by atoms with Crippen molar-refractivity contribution < 1.29 is 22.7 Å².